The summed E-state index contributed by atoms with van der Waals surface area (Å²) in [5, 5.41) is 23.7. The van der Waals surface area contributed by atoms with Crippen molar-refractivity contribution in [3.63, 3.8) is 0 Å². The molecule has 3 rings (SSSR count). The molecule has 3 N–H and O–H groups in total. The van der Waals surface area contributed by atoms with E-state index >= 15 is 0 Å². The fourth-order valence-corrected chi connectivity index (χ4v) is 2.34. The molecule has 1 amide bonds. The Morgan fingerprint density at radius 2 is 1.96 bits per heavy atom. The molecule has 0 spiro atoms. The molecule has 0 radical (unpaired) electrons. The third-order valence-electron chi connectivity index (χ3n) is 3.12. The number of halogens is 1. The van der Waals surface area contributed by atoms with Gasteiger partial charge in [-0.2, -0.15) is 5.10 Å². The summed E-state index contributed by atoms with van der Waals surface area (Å²) < 4.78 is 5.82. The highest BCUT2D eigenvalue weighted by atomic mass is 79.9. The van der Waals surface area contributed by atoms with Gasteiger partial charge in [-0.3, -0.25) is 4.79 Å². The maximum atomic E-state index is 12.0. The highest BCUT2D eigenvalue weighted by molar-refractivity contribution is 9.10. The topological polar surface area (TPSA) is 95.1 Å². The number of benzene rings is 2. The van der Waals surface area contributed by atoms with Crippen LogP contribution in [-0.4, -0.2) is 22.3 Å². The van der Waals surface area contributed by atoms with Crippen molar-refractivity contribution in [1.82, 2.24) is 5.43 Å². The van der Waals surface area contributed by atoms with E-state index in [1.54, 1.807) is 12.1 Å². The molecule has 0 aliphatic heterocycles. The molecule has 0 saturated heterocycles. The Bertz CT molecular complexity index is 885. The average Bonchev–Trinajstić information content (AvgIpc) is 2.96. The second-order valence-corrected chi connectivity index (χ2v) is 5.56. The van der Waals surface area contributed by atoms with Crippen molar-refractivity contribution in [1.29, 1.82) is 0 Å². The first-order valence-electron chi connectivity index (χ1n) is 6.58. The molecule has 0 atom stereocenters. The molecule has 1 aromatic heterocycles. The SMILES string of the molecule is O=C(N/N=C/c1cc(Br)c(O)cc1O)c1cc2ccccc2o1. The number of nitrogens with one attached hydrogen (secondary N) is 1. The number of para-hydroxylation sites is 1. The number of rotatable bonds is 3. The van der Waals surface area contributed by atoms with Crippen LogP contribution < -0.4 is 5.43 Å². The number of hydrogen-bond acceptors (Lipinski definition) is 5. The van der Waals surface area contributed by atoms with Gasteiger partial charge in [0.05, 0.1) is 10.7 Å². The highest BCUT2D eigenvalue weighted by Gasteiger charge is 2.11. The van der Waals surface area contributed by atoms with Gasteiger partial charge in [-0.15, -0.1) is 0 Å². The number of nitrogens with zero attached hydrogens (tertiary/aromatic N) is 1. The minimum absolute atomic E-state index is 0.0917. The van der Waals surface area contributed by atoms with Gasteiger partial charge in [0.15, 0.2) is 5.76 Å². The van der Waals surface area contributed by atoms with E-state index in [0.717, 1.165) is 5.39 Å². The van der Waals surface area contributed by atoms with E-state index in [-0.39, 0.29) is 17.3 Å². The number of carbonyl (C=O) groups excluding carboxylic acids is 1. The van der Waals surface area contributed by atoms with Crippen LogP contribution in [-0.2, 0) is 0 Å². The molecule has 0 aliphatic carbocycles. The van der Waals surface area contributed by atoms with Crippen LogP contribution in [0.2, 0.25) is 0 Å². The average molecular weight is 375 g/mol. The Hall–Kier alpha value is -2.80. The zero-order valence-electron chi connectivity index (χ0n) is 11.7. The number of phenolic OH excluding ortho intramolecular Hbond substituents is 2. The second kappa shape index (κ2) is 6.13. The summed E-state index contributed by atoms with van der Waals surface area (Å²) in [6, 6.07) is 11.5. The van der Waals surface area contributed by atoms with Crippen molar-refractivity contribution in [3.05, 3.63) is 58.3 Å². The molecule has 23 heavy (non-hydrogen) atoms. The fraction of sp³-hybridized carbons (Fsp3) is 0. The van der Waals surface area contributed by atoms with Gasteiger partial charge in [0.1, 0.15) is 17.1 Å². The lowest BCUT2D eigenvalue weighted by molar-refractivity contribution is 0.0929. The molecule has 116 valence electrons. The highest BCUT2D eigenvalue weighted by Crippen LogP contribution is 2.30. The molecule has 7 heteroatoms. The smallest absolute Gasteiger partial charge is 0.307 e. The molecule has 1 heterocycles. The van der Waals surface area contributed by atoms with Gasteiger partial charge in [0.2, 0.25) is 0 Å². The summed E-state index contributed by atoms with van der Waals surface area (Å²) in [5.41, 5.74) is 3.26. The second-order valence-electron chi connectivity index (χ2n) is 4.71. The minimum Gasteiger partial charge on any atom is -0.507 e. The van der Waals surface area contributed by atoms with Crippen LogP contribution in [0.25, 0.3) is 11.0 Å². The monoisotopic (exact) mass is 374 g/mol. The van der Waals surface area contributed by atoms with Crippen LogP contribution in [0.4, 0.5) is 0 Å². The molecule has 0 bridgehead atoms. The Balaban J connectivity index is 1.74. The first-order chi connectivity index (χ1) is 11.0. The number of hydrogen-bond donors (Lipinski definition) is 3. The molecule has 0 fully saturated rings. The summed E-state index contributed by atoms with van der Waals surface area (Å²) in [6.07, 6.45) is 1.26. The Kier molecular flexibility index (Phi) is 4.03. The van der Waals surface area contributed by atoms with Gasteiger partial charge in [-0.25, -0.2) is 5.43 Å². The largest absolute Gasteiger partial charge is 0.507 e. The zero-order chi connectivity index (χ0) is 16.4. The molecular formula is C16H11BrN2O4. The zero-order valence-corrected chi connectivity index (χ0v) is 13.2. The third-order valence-corrected chi connectivity index (χ3v) is 3.75. The Morgan fingerprint density at radius 3 is 2.74 bits per heavy atom. The number of aromatic hydroxyl groups is 2. The molecule has 2 aromatic carbocycles. The van der Waals surface area contributed by atoms with Crippen LogP contribution in [0.3, 0.4) is 0 Å². The molecule has 0 aliphatic rings. The van der Waals surface area contributed by atoms with E-state index in [1.165, 1.54) is 18.3 Å². The molecular weight excluding hydrogens is 364 g/mol. The maximum absolute atomic E-state index is 12.0. The standard InChI is InChI=1S/C16H11BrN2O4/c17-11-5-10(12(20)7-13(11)21)8-18-19-16(22)15-6-9-3-1-2-4-14(9)23-15/h1-8,20-21H,(H,19,22)/b18-8+. The van der Waals surface area contributed by atoms with Gasteiger partial charge in [0, 0.05) is 17.0 Å². The van der Waals surface area contributed by atoms with E-state index in [9.17, 15) is 15.0 Å². The predicted octanol–water partition coefficient (Wildman–Crippen LogP) is 3.37. The summed E-state index contributed by atoms with van der Waals surface area (Å²) in [6.45, 7) is 0. The van der Waals surface area contributed by atoms with E-state index in [4.69, 9.17) is 4.42 Å². The van der Waals surface area contributed by atoms with Crippen molar-refractivity contribution < 1.29 is 19.4 Å². The summed E-state index contributed by atoms with van der Waals surface area (Å²) in [7, 11) is 0. The van der Waals surface area contributed by atoms with Crippen molar-refractivity contribution >= 4 is 39.0 Å². The van der Waals surface area contributed by atoms with E-state index in [1.807, 2.05) is 18.2 Å². The van der Waals surface area contributed by atoms with Crippen LogP contribution in [0.5, 0.6) is 11.5 Å². The predicted molar refractivity (Wildman–Crippen MR) is 88.7 cm³/mol. The maximum Gasteiger partial charge on any atom is 0.307 e. The first kappa shape index (κ1) is 15.1. The molecule has 3 aromatic rings. The van der Waals surface area contributed by atoms with Crippen LogP contribution >= 0.6 is 15.9 Å². The van der Waals surface area contributed by atoms with Crippen molar-refractivity contribution in [2.75, 3.05) is 0 Å². The lowest BCUT2D eigenvalue weighted by Gasteiger charge is -2.02. The number of furan rings is 1. The molecule has 0 unspecified atom stereocenters. The summed E-state index contributed by atoms with van der Waals surface area (Å²) >= 11 is 3.13. The van der Waals surface area contributed by atoms with E-state index in [2.05, 4.69) is 26.5 Å². The number of carbonyl (C=O) groups is 1. The van der Waals surface area contributed by atoms with Crippen molar-refractivity contribution in [2.45, 2.75) is 0 Å². The van der Waals surface area contributed by atoms with Crippen molar-refractivity contribution in [3.8, 4) is 11.5 Å². The Morgan fingerprint density at radius 1 is 1.17 bits per heavy atom. The van der Waals surface area contributed by atoms with E-state index in [0.29, 0.717) is 15.6 Å². The van der Waals surface area contributed by atoms with Crippen LogP contribution in [0.1, 0.15) is 16.1 Å². The lowest BCUT2D eigenvalue weighted by Crippen LogP contribution is -2.16. The Labute approximate surface area is 139 Å². The van der Waals surface area contributed by atoms with E-state index < -0.39 is 5.91 Å². The molecule has 0 saturated carbocycles. The van der Waals surface area contributed by atoms with Gasteiger partial charge in [0.25, 0.3) is 0 Å². The third kappa shape index (κ3) is 3.19. The lowest BCUT2D eigenvalue weighted by atomic mass is 10.2. The summed E-state index contributed by atoms with van der Waals surface area (Å²) in [5.74, 6) is -0.618. The number of hydrazone groups is 1. The van der Waals surface area contributed by atoms with Crippen LogP contribution in [0.15, 0.2) is 56.5 Å². The van der Waals surface area contributed by atoms with Gasteiger partial charge < -0.3 is 14.6 Å². The first-order valence-corrected chi connectivity index (χ1v) is 7.37. The van der Waals surface area contributed by atoms with Gasteiger partial charge in [-0.1, -0.05) is 18.2 Å². The van der Waals surface area contributed by atoms with Gasteiger partial charge >= 0.3 is 5.91 Å². The van der Waals surface area contributed by atoms with Crippen LogP contribution in [0, 0.1) is 0 Å². The number of phenols is 2. The molecule has 6 nitrogen and oxygen atoms in total. The minimum atomic E-state index is -0.505. The summed E-state index contributed by atoms with van der Waals surface area (Å²) in [4.78, 5) is 12.0. The number of fused-ring (bicyclic) bond motifs is 1. The normalized spacial score (nSPS) is 11.2. The van der Waals surface area contributed by atoms with Crippen molar-refractivity contribution in [2.24, 2.45) is 5.10 Å². The van der Waals surface area contributed by atoms with Gasteiger partial charge in [-0.05, 0) is 34.1 Å². The quantitative estimate of drug-likeness (QED) is 0.483. The number of amides is 1. The fourth-order valence-electron chi connectivity index (χ4n) is 1.98.